The number of rotatable bonds is 3. The molecule has 1 amide bonds. The lowest BCUT2D eigenvalue weighted by atomic mass is 10.2. The summed E-state index contributed by atoms with van der Waals surface area (Å²) in [5.41, 5.74) is 6.23. The molecule has 0 saturated heterocycles. The number of hydrogen-bond donors (Lipinski definition) is 1. The predicted octanol–water partition coefficient (Wildman–Crippen LogP) is 0.895. The minimum absolute atomic E-state index is 0.209. The van der Waals surface area contributed by atoms with Crippen molar-refractivity contribution in [3.8, 4) is 6.07 Å². The zero-order valence-corrected chi connectivity index (χ0v) is 9.34. The van der Waals surface area contributed by atoms with Crippen molar-refractivity contribution in [2.45, 2.75) is 6.92 Å². The average molecular weight is 218 g/mol. The minimum atomic E-state index is -0.264. The van der Waals surface area contributed by atoms with Gasteiger partial charge in [0.15, 0.2) is 5.69 Å². The quantitative estimate of drug-likeness (QED) is 0.816. The van der Waals surface area contributed by atoms with Gasteiger partial charge < -0.3 is 10.6 Å². The van der Waals surface area contributed by atoms with Crippen molar-refractivity contribution in [1.82, 2.24) is 9.88 Å². The molecule has 0 fully saturated rings. The van der Waals surface area contributed by atoms with Crippen LogP contribution in [0.25, 0.3) is 0 Å². The molecule has 1 aromatic rings. The molecule has 0 aliphatic rings. The lowest BCUT2D eigenvalue weighted by Crippen LogP contribution is -2.31. The van der Waals surface area contributed by atoms with Gasteiger partial charge in [-0.25, -0.2) is 4.98 Å². The molecule has 1 atom stereocenters. The molecule has 16 heavy (non-hydrogen) atoms. The average Bonchev–Trinajstić information content (AvgIpc) is 2.28. The summed E-state index contributed by atoms with van der Waals surface area (Å²) in [5.74, 6) is -0.473. The third kappa shape index (κ3) is 2.70. The van der Waals surface area contributed by atoms with Gasteiger partial charge in [0.1, 0.15) is 0 Å². The predicted molar refractivity (Wildman–Crippen MR) is 60.4 cm³/mol. The second-order valence-corrected chi connectivity index (χ2v) is 3.66. The Morgan fingerprint density at radius 1 is 1.75 bits per heavy atom. The summed E-state index contributed by atoms with van der Waals surface area (Å²) in [4.78, 5) is 17.3. The van der Waals surface area contributed by atoms with Crippen molar-refractivity contribution in [3.05, 3.63) is 24.0 Å². The van der Waals surface area contributed by atoms with Gasteiger partial charge in [0.2, 0.25) is 0 Å². The van der Waals surface area contributed by atoms with Crippen LogP contribution in [0.15, 0.2) is 18.3 Å². The van der Waals surface area contributed by atoms with Gasteiger partial charge in [0.25, 0.3) is 5.91 Å². The van der Waals surface area contributed by atoms with Gasteiger partial charge in [-0.15, -0.1) is 0 Å². The highest BCUT2D eigenvalue weighted by molar-refractivity contribution is 5.96. The first-order chi connectivity index (χ1) is 7.56. The molecule has 0 aromatic carbocycles. The van der Waals surface area contributed by atoms with E-state index in [1.807, 2.05) is 0 Å². The van der Waals surface area contributed by atoms with Gasteiger partial charge in [-0.3, -0.25) is 4.79 Å². The second kappa shape index (κ2) is 5.12. The van der Waals surface area contributed by atoms with E-state index in [1.54, 1.807) is 26.1 Å². The summed E-state index contributed by atoms with van der Waals surface area (Å²) < 4.78 is 0. The van der Waals surface area contributed by atoms with E-state index in [1.165, 1.54) is 11.1 Å². The van der Waals surface area contributed by atoms with Crippen molar-refractivity contribution in [3.63, 3.8) is 0 Å². The van der Waals surface area contributed by atoms with Crippen molar-refractivity contribution < 1.29 is 4.79 Å². The van der Waals surface area contributed by atoms with Crippen LogP contribution in [-0.4, -0.2) is 29.4 Å². The van der Waals surface area contributed by atoms with E-state index >= 15 is 0 Å². The van der Waals surface area contributed by atoms with Crippen LogP contribution in [-0.2, 0) is 0 Å². The van der Waals surface area contributed by atoms with Gasteiger partial charge >= 0.3 is 0 Å². The summed E-state index contributed by atoms with van der Waals surface area (Å²) in [6.07, 6.45) is 1.52. The summed E-state index contributed by atoms with van der Waals surface area (Å²) in [6, 6.07) is 5.37. The van der Waals surface area contributed by atoms with Crippen LogP contribution in [0.5, 0.6) is 0 Å². The first kappa shape index (κ1) is 12.0. The minimum Gasteiger partial charge on any atom is -0.397 e. The Kier molecular flexibility index (Phi) is 3.84. The zero-order valence-electron chi connectivity index (χ0n) is 9.34. The molecule has 1 aromatic heterocycles. The van der Waals surface area contributed by atoms with E-state index in [0.29, 0.717) is 12.2 Å². The van der Waals surface area contributed by atoms with Crippen LogP contribution >= 0.6 is 0 Å². The molecule has 0 aliphatic heterocycles. The molecular weight excluding hydrogens is 204 g/mol. The maximum atomic E-state index is 11.9. The van der Waals surface area contributed by atoms with E-state index in [0.717, 1.165) is 0 Å². The van der Waals surface area contributed by atoms with Crippen LogP contribution in [0.2, 0.25) is 0 Å². The highest BCUT2D eigenvalue weighted by Gasteiger charge is 2.17. The molecule has 0 spiro atoms. The maximum Gasteiger partial charge on any atom is 0.274 e. The molecule has 2 N–H and O–H groups in total. The number of nitrogen functional groups attached to an aromatic ring is 1. The lowest BCUT2D eigenvalue weighted by Gasteiger charge is -2.18. The van der Waals surface area contributed by atoms with Crippen LogP contribution < -0.4 is 5.73 Å². The SMILES string of the molecule is CC(C#N)CN(C)C(=O)c1ncccc1N. The largest absolute Gasteiger partial charge is 0.397 e. The molecule has 1 heterocycles. The van der Waals surface area contributed by atoms with Gasteiger partial charge in [-0.1, -0.05) is 0 Å². The Morgan fingerprint density at radius 2 is 2.44 bits per heavy atom. The molecule has 5 heteroatoms. The number of amides is 1. The van der Waals surface area contributed by atoms with Crippen molar-refractivity contribution >= 4 is 11.6 Å². The zero-order chi connectivity index (χ0) is 12.1. The summed E-state index contributed by atoms with van der Waals surface area (Å²) in [6.45, 7) is 2.12. The number of nitriles is 1. The standard InChI is InChI=1S/C11H14N4O/c1-8(6-12)7-15(2)11(16)10-9(13)4-3-5-14-10/h3-5,8H,7,13H2,1-2H3. The van der Waals surface area contributed by atoms with Crippen molar-refractivity contribution in [1.29, 1.82) is 5.26 Å². The van der Waals surface area contributed by atoms with Crippen LogP contribution in [0.4, 0.5) is 5.69 Å². The number of carbonyl (C=O) groups is 1. The van der Waals surface area contributed by atoms with Gasteiger partial charge in [0.05, 0.1) is 17.7 Å². The topological polar surface area (TPSA) is 83.0 Å². The molecule has 1 unspecified atom stereocenters. The highest BCUT2D eigenvalue weighted by atomic mass is 16.2. The van der Waals surface area contributed by atoms with Crippen LogP contribution in [0.3, 0.4) is 0 Å². The van der Waals surface area contributed by atoms with Gasteiger partial charge in [0, 0.05) is 19.8 Å². The van der Waals surface area contributed by atoms with E-state index in [-0.39, 0.29) is 17.5 Å². The van der Waals surface area contributed by atoms with Crippen LogP contribution in [0.1, 0.15) is 17.4 Å². The first-order valence-corrected chi connectivity index (χ1v) is 4.91. The Balaban J connectivity index is 2.80. The lowest BCUT2D eigenvalue weighted by molar-refractivity contribution is 0.0780. The van der Waals surface area contributed by atoms with Crippen molar-refractivity contribution in [2.24, 2.45) is 5.92 Å². The molecule has 0 bridgehead atoms. The van der Waals surface area contributed by atoms with Crippen molar-refractivity contribution in [2.75, 3.05) is 19.3 Å². The second-order valence-electron chi connectivity index (χ2n) is 3.66. The van der Waals surface area contributed by atoms with Crippen LogP contribution in [0, 0.1) is 17.2 Å². The Hall–Kier alpha value is -2.09. The van der Waals surface area contributed by atoms with E-state index in [4.69, 9.17) is 11.0 Å². The van der Waals surface area contributed by atoms with Gasteiger partial charge in [-0.05, 0) is 19.1 Å². The van der Waals surface area contributed by atoms with Gasteiger partial charge in [-0.2, -0.15) is 5.26 Å². The number of aromatic nitrogens is 1. The fourth-order valence-electron chi connectivity index (χ4n) is 1.31. The molecule has 0 radical (unpaired) electrons. The van der Waals surface area contributed by atoms with E-state index < -0.39 is 0 Å². The van der Waals surface area contributed by atoms with E-state index in [9.17, 15) is 4.79 Å². The molecule has 84 valence electrons. The molecular formula is C11H14N4O. The molecule has 0 aliphatic carbocycles. The number of nitrogens with zero attached hydrogens (tertiary/aromatic N) is 3. The fraction of sp³-hybridized carbons (Fsp3) is 0.364. The number of carbonyl (C=O) groups excluding carboxylic acids is 1. The number of nitrogens with two attached hydrogens (primary N) is 1. The Morgan fingerprint density at radius 3 is 3.00 bits per heavy atom. The summed E-state index contributed by atoms with van der Waals surface area (Å²) in [7, 11) is 1.63. The normalized spacial score (nSPS) is 11.6. The number of anilines is 1. The Bertz CT molecular complexity index is 424. The first-order valence-electron chi connectivity index (χ1n) is 4.91. The number of hydrogen-bond acceptors (Lipinski definition) is 4. The summed E-state index contributed by atoms with van der Waals surface area (Å²) >= 11 is 0. The number of pyridine rings is 1. The third-order valence-electron chi connectivity index (χ3n) is 2.16. The molecule has 5 nitrogen and oxygen atoms in total. The summed E-state index contributed by atoms with van der Waals surface area (Å²) in [5, 5.41) is 8.66. The molecule has 0 saturated carbocycles. The maximum absolute atomic E-state index is 11.9. The third-order valence-corrected chi connectivity index (χ3v) is 2.16. The Labute approximate surface area is 94.5 Å². The van der Waals surface area contributed by atoms with E-state index in [2.05, 4.69) is 11.1 Å². The fourth-order valence-corrected chi connectivity index (χ4v) is 1.31. The smallest absolute Gasteiger partial charge is 0.274 e. The monoisotopic (exact) mass is 218 g/mol. The molecule has 1 rings (SSSR count). The highest BCUT2D eigenvalue weighted by Crippen LogP contribution is 2.10.